The van der Waals surface area contributed by atoms with Crippen LogP contribution in [0.3, 0.4) is 0 Å². The van der Waals surface area contributed by atoms with Crippen LogP contribution in [0.2, 0.25) is 0 Å². The molecule has 0 aliphatic carbocycles. The summed E-state index contributed by atoms with van der Waals surface area (Å²) in [4.78, 5) is 23.2. The van der Waals surface area contributed by atoms with E-state index in [9.17, 15) is 9.59 Å². The van der Waals surface area contributed by atoms with E-state index in [4.69, 9.17) is 0 Å². The van der Waals surface area contributed by atoms with Gasteiger partial charge in [-0.15, -0.1) is 0 Å². The van der Waals surface area contributed by atoms with Gasteiger partial charge in [-0.25, -0.2) is 0 Å². The van der Waals surface area contributed by atoms with E-state index in [0.29, 0.717) is 6.54 Å². The number of carbonyl (C=O) groups excluding carboxylic acids is 2. The van der Waals surface area contributed by atoms with Crippen LogP contribution < -0.4 is 16.0 Å². The van der Waals surface area contributed by atoms with E-state index in [1.807, 2.05) is 31.2 Å². The van der Waals surface area contributed by atoms with Gasteiger partial charge in [-0.1, -0.05) is 12.1 Å². The van der Waals surface area contributed by atoms with Gasteiger partial charge in [-0.3, -0.25) is 9.59 Å². The summed E-state index contributed by atoms with van der Waals surface area (Å²) in [5, 5.41) is 8.52. The molecule has 1 aromatic carbocycles. The molecule has 0 fully saturated rings. The Hall–Kier alpha value is -2.04. The zero-order chi connectivity index (χ0) is 12.3. The van der Waals surface area contributed by atoms with Crippen LogP contribution in [0, 0.1) is 0 Å². The van der Waals surface area contributed by atoms with E-state index in [2.05, 4.69) is 16.0 Å². The van der Waals surface area contributed by atoms with E-state index in [1.54, 1.807) is 0 Å². The number of para-hydroxylation sites is 2. The number of hydrogen-bond donors (Lipinski definition) is 3. The maximum absolute atomic E-state index is 11.7. The zero-order valence-corrected chi connectivity index (χ0v) is 9.62. The van der Waals surface area contributed by atoms with Crippen LogP contribution in [0.1, 0.15) is 13.3 Å². The summed E-state index contributed by atoms with van der Waals surface area (Å²) in [5.74, 6) is -0.297. The molecule has 0 unspecified atom stereocenters. The molecule has 0 aromatic heterocycles. The minimum absolute atomic E-state index is 0.125. The van der Waals surface area contributed by atoms with Gasteiger partial charge in [0.1, 0.15) is 6.04 Å². The predicted octanol–water partition coefficient (Wildman–Crippen LogP) is 0.945. The molecule has 1 heterocycles. The Kier molecular flexibility index (Phi) is 3.27. The third-order valence-corrected chi connectivity index (χ3v) is 2.59. The van der Waals surface area contributed by atoms with Gasteiger partial charge < -0.3 is 16.0 Å². The summed E-state index contributed by atoms with van der Waals surface area (Å²) < 4.78 is 0. The van der Waals surface area contributed by atoms with E-state index in [1.165, 1.54) is 0 Å². The normalized spacial score (nSPS) is 17.7. The van der Waals surface area contributed by atoms with Crippen LogP contribution in [0.5, 0.6) is 0 Å². The van der Waals surface area contributed by atoms with Crippen molar-refractivity contribution in [3.8, 4) is 0 Å². The molecule has 1 atom stereocenters. The number of benzene rings is 1. The molecule has 17 heavy (non-hydrogen) atoms. The van der Waals surface area contributed by atoms with E-state index >= 15 is 0 Å². The summed E-state index contributed by atoms with van der Waals surface area (Å²) in [6.07, 6.45) is 0.147. The first kappa shape index (κ1) is 11.4. The SMILES string of the molecule is CCNC(=O)C[C@H]1Nc2ccccc2NC1=O. The lowest BCUT2D eigenvalue weighted by Gasteiger charge is -2.26. The summed E-state index contributed by atoms with van der Waals surface area (Å²) in [6.45, 7) is 2.42. The number of amides is 2. The highest BCUT2D eigenvalue weighted by atomic mass is 16.2. The van der Waals surface area contributed by atoms with Gasteiger partial charge in [0, 0.05) is 6.54 Å². The molecule has 2 amide bonds. The fourth-order valence-electron chi connectivity index (χ4n) is 1.79. The topological polar surface area (TPSA) is 70.2 Å². The summed E-state index contributed by atoms with van der Waals surface area (Å²) in [6, 6.07) is 6.93. The van der Waals surface area contributed by atoms with Crippen molar-refractivity contribution < 1.29 is 9.59 Å². The molecule has 0 radical (unpaired) electrons. The molecule has 0 bridgehead atoms. The van der Waals surface area contributed by atoms with Crippen LogP contribution in [0.15, 0.2) is 24.3 Å². The summed E-state index contributed by atoms with van der Waals surface area (Å²) in [5.41, 5.74) is 1.60. The monoisotopic (exact) mass is 233 g/mol. The minimum atomic E-state index is -0.503. The molecular weight excluding hydrogens is 218 g/mol. The third-order valence-electron chi connectivity index (χ3n) is 2.59. The van der Waals surface area contributed by atoms with Crippen molar-refractivity contribution in [2.24, 2.45) is 0 Å². The number of rotatable bonds is 3. The molecule has 90 valence electrons. The highest BCUT2D eigenvalue weighted by molar-refractivity contribution is 6.04. The maximum atomic E-state index is 11.7. The van der Waals surface area contributed by atoms with Crippen LogP contribution in [-0.4, -0.2) is 24.4 Å². The van der Waals surface area contributed by atoms with Gasteiger partial charge in [-0.05, 0) is 19.1 Å². The zero-order valence-electron chi connectivity index (χ0n) is 9.62. The van der Waals surface area contributed by atoms with Gasteiger partial charge in [0.2, 0.25) is 11.8 Å². The van der Waals surface area contributed by atoms with Crippen molar-refractivity contribution in [3.05, 3.63) is 24.3 Å². The van der Waals surface area contributed by atoms with Crippen LogP contribution in [0.25, 0.3) is 0 Å². The van der Waals surface area contributed by atoms with Gasteiger partial charge >= 0.3 is 0 Å². The average molecular weight is 233 g/mol. The molecule has 0 saturated carbocycles. The van der Waals surface area contributed by atoms with Crippen LogP contribution >= 0.6 is 0 Å². The second-order valence-corrected chi connectivity index (χ2v) is 3.89. The Morgan fingerprint density at radius 3 is 2.76 bits per heavy atom. The number of nitrogens with one attached hydrogen (secondary N) is 3. The van der Waals surface area contributed by atoms with Crippen LogP contribution in [-0.2, 0) is 9.59 Å². The number of carbonyl (C=O) groups is 2. The molecule has 2 rings (SSSR count). The van der Waals surface area contributed by atoms with Crippen molar-refractivity contribution >= 4 is 23.2 Å². The summed E-state index contributed by atoms with van der Waals surface area (Å²) in [7, 11) is 0. The second-order valence-electron chi connectivity index (χ2n) is 3.89. The van der Waals surface area contributed by atoms with Crippen molar-refractivity contribution in [2.45, 2.75) is 19.4 Å². The maximum Gasteiger partial charge on any atom is 0.247 e. The minimum Gasteiger partial charge on any atom is -0.372 e. The highest BCUT2D eigenvalue weighted by Crippen LogP contribution is 2.26. The lowest BCUT2D eigenvalue weighted by molar-refractivity contribution is -0.124. The van der Waals surface area contributed by atoms with Gasteiger partial charge in [0.25, 0.3) is 0 Å². The molecule has 0 saturated heterocycles. The molecule has 1 aliphatic heterocycles. The Balaban J connectivity index is 2.07. The first-order chi connectivity index (χ1) is 8.20. The van der Waals surface area contributed by atoms with E-state index < -0.39 is 6.04 Å². The lowest BCUT2D eigenvalue weighted by Crippen LogP contribution is -2.42. The Morgan fingerprint density at radius 1 is 1.35 bits per heavy atom. The predicted molar refractivity (Wildman–Crippen MR) is 65.8 cm³/mol. The Bertz CT molecular complexity index is 445. The molecule has 5 nitrogen and oxygen atoms in total. The number of fused-ring (bicyclic) bond motifs is 1. The molecule has 3 N–H and O–H groups in total. The second kappa shape index (κ2) is 4.86. The average Bonchev–Trinajstić information content (AvgIpc) is 2.30. The largest absolute Gasteiger partial charge is 0.372 e. The van der Waals surface area contributed by atoms with Crippen molar-refractivity contribution in [2.75, 3.05) is 17.2 Å². The first-order valence-electron chi connectivity index (χ1n) is 5.64. The molecular formula is C12H15N3O2. The third kappa shape index (κ3) is 2.55. The Labute approximate surface area is 99.6 Å². The lowest BCUT2D eigenvalue weighted by atomic mass is 10.1. The molecule has 0 spiro atoms. The van der Waals surface area contributed by atoms with Crippen molar-refractivity contribution in [3.63, 3.8) is 0 Å². The standard InChI is InChI=1S/C12H15N3O2/c1-2-13-11(16)7-10-12(17)15-9-6-4-3-5-8(9)14-10/h3-6,10,14H,2,7H2,1H3,(H,13,16)(H,15,17)/t10-/m1/s1. The van der Waals surface area contributed by atoms with Gasteiger partial charge in [0.15, 0.2) is 0 Å². The highest BCUT2D eigenvalue weighted by Gasteiger charge is 2.26. The van der Waals surface area contributed by atoms with Gasteiger partial charge in [-0.2, -0.15) is 0 Å². The first-order valence-corrected chi connectivity index (χ1v) is 5.64. The number of anilines is 2. The fourth-order valence-corrected chi connectivity index (χ4v) is 1.79. The van der Waals surface area contributed by atoms with E-state index in [-0.39, 0.29) is 18.2 Å². The fraction of sp³-hybridized carbons (Fsp3) is 0.333. The van der Waals surface area contributed by atoms with Gasteiger partial charge in [0.05, 0.1) is 17.8 Å². The molecule has 1 aromatic rings. The van der Waals surface area contributed by atoms with Crippen LogP contribution in [0.4, 0.5) is 11.4 Å². The van der Waals surface area contributed by atoms with Crippen molar-refractivity contribution in [1.82, 2.24) is 5.32 Å². The van der Waals surface area contributed by atoms with Crippen molar-refractivity contribution in [1.29, 1.82) is 0 Å². The van der Waals surface area contributed by atoms with E-state index in [0.717, 1.165) is 11.4 Å². The molecule has 5 heteroatoms. The quantitative estimate of drug-likeness (QED) is 0.727. The Morgan fingerprint density at radius 2 is 2.06 bits per heavy atom. The number of hydrogen-bond acceptors (Lipinski definition) is 3. The molecule has 1 aliphatic rings. The smallest absolute Gasteiger partial charge is 0.247 e. The summed E-state index contributed by atoms with van der Waals surface area (Å²) >= 11 is 0.